The summed E-state index contributed by atoms with van der Waals surface area (Å²) in [4.78, 5) is 16.9. The standard InChI is InChI=1S/C20H15ClF2N6OS2/c1-10(32-20-28-27-17(29(20)24)11-2-5-13(21)6-3-11)18(30)26-19-25-16(9-31-19)12-4-7-14(22)15(23)8-12/h2-10H,24H2,1H3,(H,25,26,30). The zero-order chi connectivity index (χ0) is 22.8. The smallest absolute Gasteiger partial charge is 0.239 e. The van der Waals surface area contributed by atoms with Crippen LogP contribution in [0.4, 0.5) is 13.9 Å². The molecule has 0 aliphatic rings. The molecule has 4 rings (SSSR count). The molecule has 0 radical (unpaired) electrons. The average molecular weight is 493 g/mol. The third-order valence-electron chi connectivity index (χ3n) is 4.37. The van der Waals surface area contributed by atoms with Gasteiger partial charge in [0.05, 0.1) is 10.9 Å². The number of benzene rings is 2. The van der Waals surface area contributed by atoms with E-state index >= 15 is 0 Å². The molecule has 1 amide bonds. The van der Waals surface area contributed by atoms with Crippen LogP contribution in [0, 0.1) is 11.6 Å². The van der Waals surface area contributed by atoms with E-state index in [4.69, 9.17) is 17.4 Å². The van der Waals surface area contributed by atoms with Gasteiger partial charge in [-0.25, -0.2) is 18.4 Å². The molecule has 1 atom stereocenters. The quantitative estimate of drug-likeness (QED) is 0.295. The number of carbonyl (C=O) groups excluding carboxylic acids is 1. The Morgan fingerprint density at radius 3 is 2.59 bits per heavy atom. The number of hydrogen-bond acceptors (Lipinski definition) is 7. The van der Waals surface area contributed by atoms with E-state index in [-0.39, 0.29) is 5.91 Å². The molecule has 0 aliphatic heterocycles. The van der Waals surface area contributed by atoms with Crippen molar-refractivity contribution in [3.8, 4) is 22.6 Å². The number of nitrogens with one attached hydrogen (secondary N) is 1. The summed E-state index contributed by atoms with van der Waals surface area (Å²) in [7, 11) is 0. The molecule has 7 nitrogen and oxygen atoms in total. The molecule has 0 saturated carbocycles. The highest BCUT2D eigenvalue weighted by atomic mass is 35.5. The maximum absolute atomic E-state index is 13.5. The van der Waals surface area contributed by atoms with Crippen LogP contribution >= 0.6 is 34.7 Å². The topological polar surface area (TPSA) is 98.7 Å². The zero-order valence-corrected chi connectivity index (χ0v) is 18.8. The summed E-state index contributed by atoms with van der Waals surface area (Å²) in [5.41, 5.74) is 1.58. The molecule has 3 N–H and O–H groups in total. The Bertz CT molecular complexity index is 1280. The van der Waals surface area contributed by atoms with Crippen molar-refractivity contribution in [2.45, 2.75) is 17.3 Å². The molecule has 2 aromatic carbocycles. The fraction of sp³-hybridized carbons (Fsp3) is 0.100. The first kappa shape index (κ1) is 22.2. The van der Waals surface area contributed by atoms with Gasteiger partial charge in [-0.2, -0.15) is 0 Å². The van der Waals surface area contributed by atoms with Gasteiger partial charge in [0.2, 0.25) is 11.1 Å². The fourth-order valence-corrected chi connectivity index (χ4v) is 4.31. The van der Waals surface area contributed by atoms with E-state index in [0.717, 1.165) is 29.5 Å². The molecule has 2 heterocycles. The highest BCUT2D eigenvalue weighted by Crippen LogP contribution is 2.29. The number of halogens is 3. The van der Waals surface area contributed by atoms with Gasteiger partial charge in [-0.3, -0.25) is 4.79 Å². The number of carbonyl (C=O) groups is 1. The summed E-state index contributed by atoms with van der Waals surface area (Å²) in [6.45, 7) is 1.69. The summed E-state index contributed by atoms with van der Waals surface area (Å²) in [6, 6.07) is 10.5. The first-order valence-electron chi connectivity index (χ1n) is 9.16. The summed E-state index contributed by atoms with van der Waals surface area (Å²) in [5.74, 6) is 4.32. The van der Waals surface area contributed by atoms with Crippen molar-refractivity contribution < 1.29 is 13.6 Å². The Morgan fingerprint density at radius 1 is 1.16 bits per heavy atom. The van der Waals surface area contributed by atoms with Crippen LogP contribution in [-0.4, -0.2) is 31.0 Å². The molecule has 164 valence electrons. The molecule has 12 heteroatoms. The van der Waals surface area contributed by atoms with Crippen molar-refractivity contribution in [1.82, 2.24) is 19.9 Å². The number of rotatable bonds is 6. The summed E-state index contributed by atoms with van der Waals surface area (Å²) in [5, 5.41) is 13.2. The second kappa shape index (κ2) is 9.23. The van der Waals surface area contributed by atoms with Gasteiger partial charge in [-0.1, -0.05) is 23.4 Å². The van der Waals surface area contributed by atoms with Gasteiger partial charge in [0.15, 0.2) is 22.6 Å². The Hall–Kier alpha value is -3.02. The van der Waals surface area contributed by atoms with E-state index in [1.807, 2.05) is 0 Å². The van der Waals surface area contributed by atoms with Gasteiger partial charge in [-0.05, 0) is 49.4 Å². The minimum atomic E-state index is -0.963. The normalized spacial score (nSPS) is 12.0. The lowest BCUT2D eigenvalue weighted by Gasteiger charge is -2.10. The molecule has 1 unspecified atom stereocenters. The van der Waals surface area contributed by atoms with Crippen LogP contribution in [0.2, 0.25) is 5.02 Å². The van der Waals surface area contributed by atoms with Crippen molar-refractivity contribution in [1.29, 1.82) is 0 Å². The fourth-order valence-electron chi connectivity index (χ4n) is 2.69. The van der Waals surface area contributed by atoms with Gasteiger partial charge in [0.1, 0.15) is 0 Å². The number of amides is 1. The number of thioether (sulfide) groups is 1. The molecular weight excluding hydrogens is 478 g/mol. The minimum Gasteiger partial charge on any atom is -0.335 e. The molecule has 32 heavy (non-hydrogen) atoms. The van der Waals surface area contributed by atoms with Crippen molar-refractivity contribution in [2.75, 3.05) is 11.2 Å². The van der Waals surface area contributed by atoms with Crippen LogP contribution in [0.3, 0.4) is 0 Å². The van der Waals surface area contributed by atoms with E-state index in [1.165, 1.54) is 22.1 Å². The second-order valence-electron chi connectivity index (χ2n) is 6.60. The van der Waals surface area contributed by atoms with Crippen molar-refractivity contribution in [3.63, 3.8) is 0 Å². The molecule has 2 aromatic heterocycles. The molecule has 0 saturated heterocycles. The number of thiazole rings is 1. The second-order valence-corrected chi connectivity index (χ2v) is 9.20. The lowest BCUT2D eigenvalue weighted by atomic mass is 10.2. The highest BCUT2D eigenvalue weighted by molar-refractivity contribution is 8.00. The molecule has 0 fully saturated rings. The van der Waals surface area contributed by atoms with Gasteiger partial charge in [0, 0.05) is 21.5 Å². The van der Waals surface area contributed by atoms with Gasteiger partial charge >= 0.3 is 0 Å². The number of aromatic nitrogens is 4. The number of nitrogen functional groups attached to an aromatic ring is 1. The Balaban J connectivity index is 1.42. The van der Waals surface area contributed by atoms with Crippen LogP contribution in [0.25, 0.3) is 22.6 Å². The number of nitrogens with zero attached hydrogens (tertiary/aromatic N) is 4. The van der Waals surface area contributed by atoms with Crippen LogP contribution in [0.1, 0.15) is 6.92 Å². The number of anilines is 1. The molecular formula is C20H15ClF2N6OS2. The first-order chi connectivity index (χ1) is 15.3. The monoisotopic (exact) mass is 492 g/mol. The largest absolute Gasteiger partial charge is 0.335 e. The van der Waals surface area contributed by atoms with Crippen molar-refractivity contribution in [3.05, 3.63) is 64.5 Å². The minimum absolute atomic E-state index is 0.322. The SMILES string of the molecule is CC(Sc1nnc(-c2ccc(Cl)cc2)n1N)C(=O)Nc1nc(-c2ccc(F)c(F)c2)cs1. The average Bonchev–Trinajstić information content (AvgIpc) is 3.38. The van der Waals surface area contributed by atoms with E-state index < -0.39 is 16.9 Å². The predicted molar refractivity (Wildman–Crippen MR) is 122 cm³/mol. The molecule has 4 aromatic rings. The van der Waals surface area contributed by atoms with Gasteiger partial charge in [-0.15, -0.1) is 21.5 Å². The van der Waals surface area contributed by atoms with Crippen molar-refractivity contribution in [2.24, 2.45) is 0 Å². The Labute approximate surface area is 194 Å². The Morgan fingerprint density at radius 2 is 1.88 bits per heavy atom. The maximum Gasteiger partial charge on any atom is 0.239 e. The summed E-state index contributed by atoms with van der Waals surface area (Å²) < 4.78 is 27.9. The zero-order valence-electron chi connectivity index (χ0n) is 16.4. The Kier molecular flexibility index (Phi) is 6.40. The number of nitrogens with two attached hydrogens (primary N) is 1. The third-order valence-corrected chi connectivity index (χ3v) is 6.43. The van der Waals surface area contributed by atoms with Crippen molar-refractivity contribution >= 4 is 45.7 Å². The first-order valence-corrected chi connectivity index (χ1v) is 11.3. The van der Waals surface area contributed by atoms with Crippen LogP contribution in [0.5, 0.6) is 0 Å². The van der Waals surface area contributed by atoms with E-state index in [2.05, 4.69) is 20.5 Å². The van der Waals surface area contributed by atoms with Crippen LogP contribution < -0.4 is 11.2 Å². The molecule has 0 bridgehead atoms. The highest BCUT2D eigenvalue weighted by Gasteiger charge is 2.21. The summed E-state index contributed by atoms with van der Waals surface area (Å²) >= 11 is 8.21. The number of hydrogen-bond donors (Lipinski definition) is 2. The summed E-state index contributed by atoms with van der Waals surface area (Å²) in [6.07, 6.45) is 0. The maximum atomic E-state index is 13.5. The van der Waals surface area contributed by atoms with E-state index in [1.54, 1.807) is 36.6 Å². The molecule has 0 aliphatic carbocycles. The predicted octanol–water partition coefficient (Wildman–Crippen LogP) is 4.83. The lowest BCUT2D eigenvalue weighted by molar-refractivity contribution is -0.115. The third kappa shape index (κ3) is 4.74. The lowest BCUT2D eigenvalue weighted by Crippen LogP contribution is -2.23. The van der Waals surface area contributed by atoms with E-state index in [9.17, 15) is 13.6 Å². The van der Waals surface area contributed by atoms with E-state index in [0.29, 0.717) is 32.4 Å². The molecule has 0 spiro atoms. The van der Waals surface area contributed by atoms with Crippen LogP contribution in [0.15, 0.2) is 53.0 Å². The van der Waals surface area contributed by atoms with Gasteiger partial charge < -0.3 is 11.2 Å². The van der Waals surface area contributed by atoms with Crippen LogP contribution in [-0.2, 0) is 4.79 Å². The van der Waals surface area contributed by atoms with Gasteiger partial charge in [0.25, 0.3) is 0 Å².